The number of benzene rings is 2. The van der Waals surface area contributed by atoms with Gasteiger partial charge in [-0.05, 0) is 48.2 Å². The number of aromatic nitrogens is 4. The van der Waals surface area contributed by atoms with Crippen LogP contribution in [-0.4, -0.2) is 38.3 Å². The minimum atomic E-state index is -0.0731. The number of amides is 1. The van der Waals surface area contributed by atoms with Crippen LogP contribution in [0.3, 0.4) is 0 Å². The fraction of sp³-hybridized carbons (Fsp3) is 0.290. The molecule has 40 heavy (non-hydrogen) atoms. The van der Waals surface area contributed by atoms with Gasteiger partial charge in [-0.25, -0.2) is 9.97 Å². The molecule has 5 aromatic rings. The predicted molar refractivity (Wildman–Crippen MR) is 164 cm³/mol. The number of fused-ring (bicyclic) bond motifs is 2. The Hall–Kier alpha value is -4.08. The van der Waals surface area contributed by atoms with Crippen LogP contribution in [0.4, 0.5) is 10.8 Å². The zero-order valence-corrected chi connectivity index (χ0v) is 23.8. The Bertz CT molecular complexity index is 1740. The topological polar surface area (TPSA) is 110 Å². The number of imidazole rings is 1. The van der Waals surface area contributed by atoms with E-state index in [0.29, 0.717) is 11.9 Å². The highest BCUT2D eigenvalue weighted by Gasteiger charge is 2.25. The summed E-state index contributed by atoms with van der Waals surface area (Å²) in [6.45, 7) is 4.32. The molecule has 0 saturated carbocycles. The molecule has 204 valence electrons. The first-order valence-corrected chi connectivity index (χ1v) is 14.6. The average Bonchev–Trinajstić information content (AvgIpc) is 3.62. The number of carbonyl (C=O) groups excluding carboxylic acids is 1. The predicted octanol–water partition coefficient (Wildman–Crippen LogP) is 6.05. The third-order valence-electron chi connectivity index (χ3n) is 7.69. The molecule has 0 saturated heterocycles. The van der Waals surface area contributed by atoms with Crippen LogP contribution in [0.25, 0.3) is 33.1 Å². The molecule has 0 aliphatic heterocycles. The molecule has 3 heterocycles. The van der Waals surface area contributed by atoms with E-state index in [1.165, 1.54) is 16.9 Å². The van der Waals surface area contributed by atoms with Crippen LogP contribution in [0, 0.1) is 0 Å². The van der Waals surface area contributed by atoms with Crippen LogP contribution >= 0.6 is 11.3 Å². The SMILES string of the molecule is CNC1CC=C(c2cnc(N)c3c(-c4ccc(CC(=O)Nc5cncs5)c5ccccc45)nc(C(C)C)n23)CC1. The lowest BCUT2D eigenvalue weighted by atomic mass is 9.93. The van der Waals surface area contributed by atoms with E-state index < -0.39 is 0 Å². The van der Waals surface area contributed by atoms with Gasteiger partial charge in [-0.15, -0.1) is 11.3 Å². The molecule has 0 fully saturated rings. The van der Waals surface area contributed by atoms with E-state index in [1.54, 1.807) is 11.7 Å². The maximum Gasteiger partial charge on any atom is 0.229 e. The highest BCUT2D eigenvalue weighted by Crippen LogP contribution is 2.38. The largest absolute Gasteiger partial charge is 0.382 e. The van der Waals surface area contributed by atoms with E-state index in [0.717, 1.165) is 68.9 Å². The number of rotatable bonds is 7. The molecule has 8 nitrogen and oxygen atoms in total. The van der Waals surface area contributed by atoms with Gasteiger partial charge in [0.2, 0.25) is 5.91 Å². The Morgan fingerprint density at radius 1 is 1.18 bits per heavy atom. The molecular weight excluding hydrogens is 518 g/mol. The van der Waals surface area contributed by atoms with Crippen molar-refractivity contribution in [2.45, 2.75) is 51.5 Å². The average molecular weight is 552 g/mol. The number of nitrogens with two attached hydrogens (primary N) is 1. The molecule has 0 bridgehead atoms. The van der Waals surface area contributed by atoms with Gasteiger partial charge in [0.05, 0.1) is 30.0 Å². The smallest absolute Gasteiger partial charge is 0.229 e. The minimum Gasteiger partial charge on any atom is -0.382 e. The Morgan fingerprint density at radius 3 is 2.70 bits per heavy atom. The van der Waals surface area contributed by atoms with Crippen molar-refractivity contribution in [2.24, 2.45) is 0 Å². The van der Waals surface area contributed by atoms with Gasteiger partial charge >= 0.3 is 0 Å². The highest BCUT2D eigenvalue weighted by molar-refractivity contribution is 7.13. The summed E-state index contributed by atoms with van der Waals surface area (Å²) in [4.78, 5) is 26.7. The number of nitrogens with one attached hydrogen (secondary N) is 2. The molecule has 6 rings (SSSR count). The first kappa shape index (κ1) is 26.2. The number of anilines is 2. The van der Waals surface area contributed by atoms with Gasteiger partial charge < -0.3 is 16.4 Å². The molecule has 4 N–H and O–H groups in total. The number of hydrogen-bond acceptors (Lipinski definition) is 7. The van der Waals surface area contributed by atoms with Gasteiger partial charge in [-0.1, -0.05) is 56.3 Å². The first-order chi connectivity index (χ1) is 19.4. The minimum absolute atomic E-state index is 0.0731. The molecule has 0 spiro atoms. The Labute approximate surface area is 237 Å². The Balaban J connectivity index is 1.48. The normalized spacial score (nSPS) is 15.6. The highest BCUT2D eigenvalue weighted by atomic mass is 32.1. The lowest BCUT2D eigenvalue weighted by Crippen LogP contribution is -2.26. The first-order valence-electron chi connectivity index (χ1n) is 13.7. The fourth-order valence-electron chi connectivity index (χ4n) is 5.65. The summed E-state index contributed by atoms with van der Waals surface area (Å²) in [5, 5.41) is 9.12. The molecule has 1 atom stereocenters. The zero-order chi connectivity index (χ0) is 27.8. The van der Waals surface area contributed by atoms with Crippen molar-refractivity contribution >= 4 is 49.9 Å². The molecular formula is C31H33N7OS. The molecule has 1 unspecified atom stereocenters. The molecule has 1 amide bonds. The third kappa shape index (κ3) is 4.76. The number of nitrogen functional groups attached to an aromatic ring is 1. The summed E-state index contributed by atoms with van der Waals surface area (Å²) in [5.41, 5.74) is 14.2. The summed E-state index contributed by atoms with van der Waals surface area (Å²) in [6.07, 6.45) is 9.17. The summed E-state index contributed by atoms with van der Waals surface area (Å²) in [5.74, 6) is 1.52. The second kappa shape index (κ2) is 10.8. The Kier molecular flexibility index (Phi) is 7.08. The summed E-state index contributed by atoms with van der Waals surface area (Å²) >= 11 is 1.41. The van der Waals surface area contributed by atoms with Gasteiger partial charge in [0.1, 0.15) is 27.9 Å². The lowest BCUT2D eigenvalue weighted by Gasteiger charge is -2.22. The van der Waals surface area contributed by atoms with E-state index in [2.05, 4.69) is 63.1 Å². The van der Waals surface area contributed by atoms with Crippen molar-refractivity contribution < 1.29 is 4.79 Å². The van der Waals surface area contributed by atoms with Crippen LogP contribution in [0.15, 0.2) is 60.4 Å². The second-order valence-electron chi connectivity index (χ2n) is 10.6. The van der Waals surface area contributed by atoms with Gasteiger partial charge in [0.25, 0.3) is 0 Å². The van der Waals surface area contributed by atoms with Crippen molar-refractivity contribution in [3.8, 4) is 11.3 Å². The van der Waals surface area contributed by atoms with Gasteiger partial charge in [-0.3, -0.25) is 14.2 Å². The fourth-order valence-corrected chi connectivity index (χ4v) is 6.18. The van der Waals surface area contributed by atoms with Gasteiger partial charge in [0.15, 0.2) is 0 Å². The van der Waals surface area contributed by atoms with Gasteiger partial charge in [-0.2, -0.15) is 0 Å². The summed E-state index contributed by atoms with van der Waals surface area (Å²) in [6, 6.07) is 12.8. The van der Waals surface area contributed by atoms with E-state index in [4.69, 9.17) is 10.7 Å². The molecule has 2 aromatic carbocycles. The van der Waals surface area contributed by atoms with Crippen LogP contribution < -0.4 is 16.4 Å². The van der Waals surface area contributed by atoms with E-state index >= 15 is 0 Å². The van der Waals surface area contributed by atoms with Crippen LogP contribution in [-0.2, 0) is 11.2 Å². The van der Waals surface area contributed by atoms with Crippen molar-refractivity contribution in [1.29, 1.82) is 0 Å². The zero-order valence-electron chi connectivity index (χ0n) is 22.9. The number of allylic oxidation sites excluding steroid dienone is 1. The second-order valence-corrected chi connectivity index (χ2v) is 11.5. The summed E-state index contributed by atoms with van der Waals surface area (Å²) in [7, 11) is 2.02. The summed E-state index contributed by atoms with van der Waals surface area (Å²) < 4.78 is 2.22. The molecule has 3 aromatic heterocycles. The van der Waals surface area contributed by atoms with Crippen molar-refractivity contribution in [1.82, 2.24) is 24.7 Å². The van der Waals surface area contributed by atoms with Crippen LogP contribution in [0.1, 0.15) is 56.1 Å². The maximum absolute atomic E-state index is 12.8. The van der Waals surface area contributed by atoms with Crippen molar-refractivity contribution in [3.05, 3.63) is 77.5 Å². The number of thiazole rings is 1. The van der Waals surface area contributed by atoms with Crippen LogP contribution in [0.5, 0.6) is 0 Å². The number of carbonyl (C=O) groups is 1. The molecule has 9 heteroatoms. The van der Waals surface area contributed by atoms with Crippen molar-refractivity contribution in [3.63, 3.8) is 0 Å². The number of nitrogens with zero attached hydrogens (tertiary/aromatic N) is 4. The lowest BCUT2D eigenvalue weighted by molar-refractivity contribution is -0.115. The standard InChI is InChI=1S/C31H33N7OS/c1-18(2)31-37-28(29-30(32)35-15-25(38(29)31)19-8-11-21(33-3)12-9-19)24-13-10-20(22-6-4-5-7-23(22)24)14-26(39)36-27-16-34-17-40-27/h4-8,10,13,15-18,21,33H,9,11-12,14H2,1-3H3,(H2,32,35)(H,36,39). The van der Waals surface area contributed by atoms with E-state index in [9.17, 15) is 4.79 Å². The molecule has 1 aliphatic rings. The molecule has 1 aliphatic carbocycles. The maximum atomic E-state index is 12.8. The number of hydrogen-bond donors (Lipinski definition) is 3. The molecule has 0 radical (unpaired) electrons. The van der Waals surface area contributed by atoms with Gasteiger partial charge in [0, 0.05) is 17.5 Å². The van der Waals surface area contributed by atoms with Crippen molar-refractivity contribution in [2.75, 3.05) is 18.1 Å². The third-order valence-corrected chi connectivity index (χ3v) is 8.38. The Morgan fingerprint density at radius 2 is 2.00 bits per heavy atom. The van der Waals surface area contributed by atoms with E-state index in [-0.39, 0.29) is 18.2 Å². The monoisotopic (exact) mass is 551 g/mol. The van der Waals surface area contributed by atoms with Crippen LogP contribution in [0.2, 0.25) is 0 Å². The van der Waals surface area contributed by atoms with E-state index in [1.807, 2.05) is 31.4 Å². The quantitative estimate of drug-likeness (QED) is 0.227.